The molecule has 0 spiro atoms. The van der Waals surface area contributed by atoms with Crippen molar-refractivity contribution in [2.24, 2.45) is 0 Å². The number of rotatable bonds is 5. The minimum absolute atomic E-state index is 0.168. The first kappa shape index (κ1) is 20.1. The molecule has 0 aliphatic carbocycles. The van der Waals surface area contributed by atoms with Crippen LogP contribution in [0, 0.1) is 5.82 Å². The Labute approximate surface area is 160 Å². The molecule has 28 heavy (non-hydrogen) atoms. The third kappa shape index (κ3) is 2.81. The van der Waals surface area contributed by atoms with Crippen LogP contribution in [-0.2, 0) is 10.7 Å². The maximum absolute atomic E-state index is 15.1. The van der Waals surface area contributed by atoms with Gasteiger partial charge >= 0.3 is 5.92 Å². The lowest BCUT2D eigenvalue weighted by Gasteiger charge is -2.34. The van der Waals surface area contributed by atoms with Gasteiger partial charge < -0.3 is 4.74 Å². The van der Waals surface area contributed by atoms with Crippen molar-refractivity contribution in [3.63, 3.8) is 0 Å². The number of nitrogens with zero attached hydrogens (tertiary/aromatic N) is 1. The van der Waals surface area contributed by atoms with Crippen LogP contribution in [0.25, 0.3) is 0 Å². The van der Waals surface area contributed by atoms with Crippen LogP contribution in [0.5, 0.6) is 0 Å². The SMILES string of the molecule is COC(C)(C)C(F)(F)c1cccc([C@@H](C)N2C(=O)c3ccccc3C2=O)c1F. The minimum Gasteiger partial charge on any atom is -0.372 e. The van der Waals surface area contributed by atoms with Gasteiger partial charge in [0.05, 0.1) is 22.7 Å². The fourth-order valence-corrected chi connectivity index (χ4v) is 3.27. The molecular formula is C21H20F3NO3. The number of alkyl halides is 2. The van der Waals surface area contributed by atoms with Crippen molar-refractivity contribution in [1.82, 2.24) is 4.90 Å². The molecule has 0 unspecified atom stereocenters. The maximum Gasteiger partial charge on any atom is 0.303 e. The monoisotopic (exact) mass is 391 g/mol. The quantitative estimate of drug-likeness (QED) is 0.694. The number of carbonyl (C=O) groups excluding carboxylic acids is 2. The lowest BCUT2D eigenvalue weighted by molar-refractivity contribution is -0.186. The predicted octanol–water partition coefficient (Wildman–Crippen LogP) is 4.70. The van der Waals surface area contributed by atoms with E-state index in [0.29, 0.717) is 0 Å². The van der Waals surface area contributed by atoms with Crippen LogP contribution in [0.4, 0.5) is 13.2 Å². The van der Waals surface area contributed by atoms with Crippen LogP contribution in [0.15, 0.2) is 42.5 Å². The van der Waals surface area contributed by atoms with Gasteiger partial charge in [-0.05, 0) is 39.0 Å². The molecule has 2 aromatic carbocycles. The molecule has 1 aliphatic rings. The highest BCUT2D eigenvalue weighted by Crippen LogP contribution is 2.43. The van der Waals surface area contributed by atoms with Gasteiger partial charge in [-0.3, -0.25) is 14.5 Å². The molecule has 0 N–H and O–H groups in total. The highest BCUT2D eigenvalue weighted by Gasteiger charge is 2.51. The number of hydrogen-bond donors (Lipinski definition) is 0. The largest absolute Gasteiger partial charge is 0.372 e. The highest BCUT2D eigenvalue weighted by atomic mass is 19.3. The van der Waals surface area contributed by atoms with Gasteiger partial charge in [-0.15, -0.1) is 0 Å². The number of fused-ring (bicyclic) bond motifs is 1. The Bertz CT molecular complexity index is 921. The van der Waals surface area contributed by atoms with Gasteiger partial charge in [-0.25, -0.2) is 4.39 Å². The number of hydrogen-bond acceptors (Lipinski definition) is 3. The molecule has 1 aliphatic heterocycles. The first-order valence-corrected chi connectivity index (χ1v) is 8.73. The molecule has 2 aromatic rings. The Balaban J connectivity index is 2.05. The molecule has 7 heteroatoms. The number of halogens is 3. The lowest BCUT2D eigenvalue weighted by Crippen LogP contribution is -2.43. The third-order valence-electron chi connectivity index (χ3n) is 5.30. The van der Waals surface area contributed by atoms with Crippen LogP contribution in [-0.4, -0.2) is 29.4 Å². The van der Waals surface area contributed by atoms with Gasteiger partial charge in [-0.2, -0.15) is 8.78 Å². The number of carbonyl (C=O) groups is 2. The molecule has 148 valence electrons. The topological polar surface area (TPSA) is 46.6 Å². The van der Waals surface area contributed by atoms with Crippen molar-refractivity contribution >= 4 is 11.8 Å². The fourth-order valence-electron chi connectivity index (χ4n) is 3.27. The number of ether oxygens (including phenoxy) is 1. The lowest BCUT2D eigenvalue weighted by atomic mass is 9.90. The third-order valence-corrected chi connectivity index (χ3v) is 5.30. The van der Waals surface area contributed by atoms with Crippen molar-refractivity contribution in [2.45, 2.75) is 38.3 Å². The summed E-state index contributed by atoms with van der Waals surface area (Å²) in [6.45, 7) is 3.75. The summed E-state index contributed by atoms with van der Waals surface area (Å²) in [6.07, 6.45) is 0. The van der Waals surface area contributed by atoms with E-state index >= 15 is 4.39 Å². The van der Waals surface area contributed by atoms with E-state index in [1.807, 2.05) is 0 Å². The molecule has 3 rings (SSSR count). The van der Waals surface area contributed by atoms with Crippen molar-refractivity contribution in [3.8, 4) is 0 Å². The Morgan fingerprint density at radius 2 is 1.50 bits per heavy atom. The Morgan fingerprint density at radius 1 is 0.964 bits per heavy atom. The fraction of sp³-hybridized carbons (Fsp3) is 0.333. The maximum atomic E-state index is 15.1. The number of benzene rings is 2. The summed E-state index contributed by atoms with van der Waals surface area (Å²) in [5.41, 5.74) is -2.55. The van der Waals surface area contributed by atoms with Crippen LogP contribution >= 0.6 is 0 Å². The summed E-state index contributed by atoms with van der Waals surface area (Å²) in [6, 6.07) is 8.74. The minimum atomic E-state index is -3.64. The van der Waals surface area contributed by atoms with Gasteiger partial charge in [0.1, 0.15) is 11.4 Å². The molecule has 0 aromatic heterocycles. The van der Waals surface area contributed by atoms with Gasteiger partial charge in [0.2, 0.25) is 0 Å². The average molecular weight is 391 g/mol. The van der Waals surface area contributed by atoms with E-state index < -0.39 is 40.8 Å². The Morgan fingerprint density at radius 3 is 2.00 bits per heavy atom. The molecule has 1 atom stereocenters. The van der Waals surface area contributed by atoms with Gasteiger partial charge in [-0.1, -0.05) is 24.3 Å². The number of imide groups is 1. The summed E-state index contributed by atoms with van der Waals surface area (Å²) in [4.78, 5) is 26.2. The summed E-state index contributed by atoms with van der Waals surface area (Å²) < 4.78 is 49.7. The molecule has 0 fully saturated rings. The second kappa shape index (κ2) is 6.74. The van der Waals surface area contributed by atoms with Gasteiger partial charge in [0.25, 0.3) is 11.8 Å². The van der Waals surface area contributed by atoms with E-state index in [-0.39, 0.29) is 16.7 Å². The smallest absolute Gasteiger partial charge is 0.303 e. The van der Waals surface area contributed by atoms with E-state index in [0.717, 1.165) is 31.9 Å². The molecular weight excluding hydrogens is 371 g/mol. The first-order chi connectivity index (χ1) is 13.0. The number of amides is 2. The molecule has 2 amide bonds. The van der Waals surface area contributed by atoms with Crippen LogP contribution in [0.2, 0.25) is 0 Å². The van der Waals surface area contributed by atoms with Crippen LogP contribution < -0.4 is 0 Å². The van der Waals surface area contributed by atoms with E-state index in [9.17, 15) is 18.4 Å². The molecule has 1 heterocycles. The summed E-state index contributed by atoms with van der Waals surface area (Å²) in [5, 5.41) is 0. The Kier molecular flexibility index (Phi) is 4.83. The molecule has 0 saturated carbocycles. The van der Waals surface area contributed by atoms with Crippen molar-refractivity contribution in [2.75, 3.05) is 7.11 Å². The summed E-state index contributed by atoms with van der Waals surface area (Å²) >= 11 is 0. The highest BCUT2D eigenvalue weighted by molar-refractivity contribution is 6.21. The predicted molar refractivity (Wildman–Crippen MR) is 96.7 cm³/mol. The van der Waals surface area contributed by atoms with E-state index in [2.05, 4.69) is 0 Å². The Hall–Kier alpha value is -2.67. The van der Waals surface area contributed by atoms with Crippen molar-refractivity contribution in [3.05, 3.63) is 70.5 Å². The molecule has 0 saturated heterocycles. The van der Waals surface area contributed by atoms with E-state index in [1.165, 1.54) is 31.2 Å². The zero-order valence-corrected chi connectivity index (χ0v) is 15.9. The van der Waals surface area contributed by atoms with E-state index in [1.54, 1.807) is 12.1 Å². The first-order valence-electron chi connectivity index (χ1n) is 8.73. The van der Waals surface area contributed by atoms with E-state index in [4.69, 9.17) is 4.74 Å². The number of methoxy groups -OCH3 is 1. The van der Waals surface area contributed by atoms with Crippen LogP contribution in [0.1, 0.15) is 58.7 Å². The van der Waals surface area contributed by atoms with Crippen LogP contribution in [0.3, 0.4) is 0 Å². The normalized spacial score (nSPS) is 15.8. The second-order valence-electron chi connectivity index (χ2n) is 7.20. The summed E-state index contributed by atoms with van der Waals surface area (Å²) in [5.74, 6) is -5.96. The van der Waals surface area contributed by atoms with Crippen molar-refractivity contribution in [1.29, 1.82) is 0 Å². The summed E-state index contributed by atoms with van der Waals surface area (Å²) in [7, 11) is 1.12. The van der Waals surface area contributed by atoms with Crippen molar-refractivity contribution < 1.29 is 27.5 Å². The second-order valence-corrected chi connectivity index (χ2v) is 7.20. The van der Waals surface area contributed by atoms with Gasteiger partial charge in [0, 0.05) is 12.7 Å². The molecule has 0 radical (unpaired) electrons. The zero-order chi connectivity index (χ0) is 20.9. The average Bonchev–Trinajstić information content (AvgIpc) is 2.92. The van der Waals surface area contributed by atoms with Gasteiger partial charge in [0.15, 0.2) is 0 Å². The standard InChI is InChI=1S/C21H20F3NO3/c1-12(25-18(26)14-8-5-6-9-15(14)19(25)27)13-10-7-11-16(17(13)22)21(23,24)20(2,3)28-4/h5-12H,1-4H3/t12-/m1/s1. The molecule has 4 nitrogen and oxygen atoms in total. The zero-order valence-electron chi connectivity index (χ0n) is 15.9. The molecule has 0 bridgehead atoms.